The molecule has 0 spiro atoms. The number of aromatic nitrogens is 4. The van der Waals surface area contributed by atoms with Crippen molar-refractivity contribution in [3.8, 4) is 5.69 Å². The normalized spacial score (nSPS) is 21.6. The molecule has 3 heterocycles. The topological polar surface area (TPSA) is 60.0 Å². The Labute approximate surface area is 185 Å². The van der Waals surface area contributed by atoms with E-state index in [2.05, 4.69) is 56.1 Å². The summed E-state index contributed by atoms with van der Waals surface area (Å²) in [5.74, 6) is 2.91. The van der Waals surface area contributed by atoms with Gasteiger partial charge >= 0.3 is 0 Å². The van der Waals surface area contributed by atoms with Gasteiger partial charge in [-0.25, -0.2) is 0 Å². The van der Waals surface area contributed by atoms with E-state index in [0.717, 1.165) is 77.8 Å². The molecule has 7 heteroatoms. The van der Waals surface area contributed by atoms with Crippen LogP contribution in [0.1, 0.15) is 60.4 Å². The van der Waals surface area contributed by atoms with Crippen LogP contribution in [0.3, 0.4) is 0 Å². The number of para-hydroxylation sites is 1. The molecule has 0 radical (unpaired) electrons. The molecule has 4 aromatic rings. The molecule has 0 unspecified atom stereocenters. The van der Waals surface area contributed by atoms with Gasteiger partial charge in [-0.15, -0.1) is 10.2 Å². The second-order valence-electron chi connectivity index (χ2n) is 8.87. The van der Waals surface area contributed by atoms with Crippen LogP contribution in [0, 0.1) is 0 Å². The van der Waals surface area contributed by atoms with Gasteiger partial charge in [0.05, 0.1) is 17.9 Å². The lowest BCUT2D eigenvalue weighted by molar-refractivity contribution is 0.315. The summed E-state index contributed by atoms with van der Waals surface area (Å²) in [5, 5.41) is 15.6. The molecule has 2 aromatic carbocycles. The molecule has 0 bridgehead atoms. The van der Waals surface area contributed by atoms with Crippen LogP contribution in [0.15, 0.2) is 47.0 Å². The van der Waals surface area contributed by atoms with Crippen molar-refractivity contribution in [1.29, 1.82) is 0 Å². The number of hydrogen-bond acceptors (Lipinski definition) is 5. The van der Waals surface area contributed by atoms with Gasteiger partial charge in [-0.1, -0.05) is 28.9 Å². The third kappa shape index (κ3) is 3.25. The number of nitrogens with zero attached hydrogens (tertiary/aromatic N) is 5. The second-order valence-corrected chi connectivity index (χ2v) is 9.30. The van der Waals surface area contributed by atoms with Crippen molar-refractivity contribution in [2.24, 2.45) is 0 Å². The Bertz CT molecular complexity index is 1250. The number of hydrogen-bond donors (Lipinski definition) is 0. The molecule has 1 aliphatic carbocycles. The fraction of sp³-hybridized carbons (Fsp3) is 0.375. The molecular formula is C24H24ClN5O. The fourth-order valence-corrected chi connectivity index (χ4v) is 5.47. The molecule has 1 saturated carbocycles. The third-order valence-electron chi connectivity index (χ3n) is 6.77. The van der Waals surface area contributed by atoms with Crippen molar-refractivity contribution >= 4 is 22.6 Å². The summed E-state index contributed by atoms with van der Waals surface area (Å²) in [4.78, 5) is 2.26. The molecular weight excluding hydrogens is 410 g/mol. The van der Waals surface area contributed by atoms with Gasteiger partial charge in [0.15, 0.2) is 11.4 Å². The summed E-state index contributed by atoms with van der Waals surface area (Å²) >= 11 is 6.30. The Morgan fingerprint density at radius 3 is 2.65 bits per heavy atom. The number of rotatable bonds is 2. The molecule has 0 N–H and O–H groups in total. The van der Waals surface area contributed by atoms with Crippen molar-refractivity contribution in [3.05, 3.63) is 70.4 Å². The van der Waals surface area contributed by atoms with Crippen LogP contribution in [-0.4, -0.2) is 31.9 Å². The lowest BCUT2D eigenvalue weighted by Gasteiger charge is -2.27. The maximum absolute atomic E-state index is 6.30. The Balaban J connectivity index is 1.30. The predicted octanol–water partition coefficient (Wildman–Crippen LogP) is 5.45. The van der Waals surface area contributed by atoms with Crippen molar-refractivity contribution in [2.75, 3.05) is 7.05 Å². The zero-order chi connectivity index (χ0) is 20.9. The molecule has 31 heavy (non-hydrogen) atoms. The summed E-state index contributed by atoms with van der Waals surface area (Å²) < 4.78 is 7.84. The van der Waals surface area contributed by atoms with Crippen LogP contribution in [0.5, 0.6) is 0 Å². The van der Waals surface area contributed by atoms with Crippen LogP contribution >= 0.6 is 11.6 Å². The lowest BCUT2D eigenvalue weighted by atomic mass is 9.79. The monoisotopic (exact) mass is 433 g/mol. The van der Waals surface area contributed by atoms with Crippen LogP contribution in [0.2, 0.25) is 5.02 Å². The first kappa shape index (κ1) is 19.0. The minimum absolute atomic E-state index is 0.391. The zero-order valence-electron chi connectivity index (χ0n) is 17.5. The first-order valence-corrected chi connectivity index (χ1v) is 11.3. The maximum atomic E-state index is 6.30. The summed E-state index contributed by atoms with van der Waals surface area (Å²) in [5.41, 5.74) is 4.36. The van der Waals surface area contributed by atoms with Crippen molar-refractivity contribution in [2.45, 2.75) is 50.6 Å². The highest BCUT2D eigenvalue weighted by Gasteiger charge is 2.32. The second kappa shape index (κ2) is 7.46. The summed E-state index contributed by atoms with van der Waals surface area (Å²) in [6.07, 6.45) is 4.30. The minimum atomic E-state index is 0.391. The molecule has 2 aliphatic rings. The van der Waals surface area contributed by atoms with Gasteiger partial charge in [0.25, 0.3) is 0 Å². The van der Waals surface area contributed by atoms with Gasteiger partial charge < -0.3 is 4.52 Å². The van der Waals surface area contributed by atoms with E-state index in [1.807, 2.05) is 18.2 Å². The third-order valence-corrected chi connectivity index (χ3v) is 7.01. The largest absolute Gasteiger partial charge is 0.356 e. The molecule has 1 aliphatic heterocycles. The molecule has 158 valence electrons. The first-order valence-electron chi connectivity index (χ1n) is 10.9. The maximum Gasteiger partial charge on any atom is 0.167 e. The Kier molecular flexibility index (Phi) is 4.58. The number of fused-ring (bicyclic) bond motifs is 4. The van der Waals surface area contributed by atoms with E-state index in [1.165, 1.54) is 5.56 Å². The Hall–Kier alpha value is -2.70. The lowest BCUT2D eigenvalue weighted by Crippen LogP contribution is -2.17. The highest BCUT2D eigenvalue weighted by molar-refractivity contribution is 6.30. The Morgan fingerprint density at radius 1 is 0.968 bits per heavy atom. The molecule has 6 nitrogen and oxygen atoms in total. The van der Waals surface area contributed by atoms with E-state index in [0.29, 0.717) is 11.8 Å². The number of benzene rings is 2. The van der Waals surface area contributed by atoms with E-state index >= 15 is 0 Å². The standard InChI is InChI=1S/C24H24ClN5O/c1-29-13-17-12-18(25)10-11-20(17)30-22(14-29)26-27-24(30)16-8-6-15(7-9-16)23-19-4-2-3-5-21(19)31-28-23/h2-5,10-12,15-16H,6-9,13-14H2,1H3/t15-,16-. The van der Waals surface area contributed by atoms with Crippen molar-refractivity contribution in [1.82, 2.24) is 24.8 Å². The van der Waals surface area contributed by atoms with E-state index in [4.69, 9.17) is 16.1 Å². The van der Waals surface area contributed by atoms with Crippen LogP contribution < -0.4 is 0 Å². The van der Waals surface area contributed by atoms with Crippen molar-refractivity contribution in [3.63, 3.8) is 0 Å². The smallest absolute Gasteiger partial charge is 0.167 e. The van der Waals surface area contributed by atoms with Crippen molar-refractivity contribution < 1.29 is 4.52 Å². The molecule has 2 aromatic heterocycles. The van der Waals surface area contributed by atoms with E-state index in [9.17, 15) is 0 Å². The zero-order valence-corrected chi connectivity index (χ0v) is 18.2. The SMILES string of the molecule is CN1Cc2cc(Cl)ccc2-n2c(nnc2[C@H]2CC[C@H](c3noc4ccccc43)CC2)C1. The molecule has 0 amide bonds. The average molecular weight is 434 g/mol. The van der Waals surface area contributed by atoms with Gasteiger partial charge in [0, 0.05) is 28.8 Å². The number of halogens is 1. The van der Waals surface area contributed by atoms with Gasteiger partial charge in [0.2, 0.25) is 0 Å². The van der Waals surface area contributed by atoms with Gasteiger partial charge in [-0.05, 0) is 68.6 Å². The van der Waals surface area contributed by atoms with Gasteiger partial charge in [-0.2, -0.15) is 0 Å². The highest BCUT2D eigenvalue weighted by atomic mass is 35.5. The molecule has 1 fully saturated rings. The van der Waals surface area contributed by atoms with Crippen LogP contribution in [-0.2, 0) is 13.1 Å². The fourth-order valence-electron chi connectivity index (χ4n) is 5.27. The highest BCUT2D eigenvalue weighted by Crippen LogP contribution is 2.42. The van der Waals surface area contributed by atoms with Crippen LogP contribution in [0.25, 0.3) is 16.7 Å². The Morgan fingerprint density at radius 2 is 1.77 bits per heavy atom. The van der Waals surface area contributed by atoms with E-state index in [-0.39, 0.29) is 0 Å². The van der Waals surface area contributed by atoms with Crippen LogP contribution in [0.4, 0.5) is 0 Å². The quantitative estimate of drug-likeness (QED) is 0.420. The minimum Gasteiger partial charge on any atom is -0.356 e. The van der Waals surface area contributed by atoms with E-state index in [1.54, 1.807) is 0 Å². The molecule has 0 saturated heterocycles. The average Bonchev–Trinajstić information content (AvgIpc) is 3.35. The van der Waals surface area contributed by atoms with Gasteiger partial charge in [0.1, 0.15) is 5.82 Å². The summed E-state index contributed by atoms with van der Waals surface area (Å²) in [7, 11) is 2.11. The first-order chi connectivity index (χ1) is 15.2. The molecule has 0 atom stereocenters. The van der Waals surface area contributed by atoms with E-state index < -0.39 is 0 Å². The predicted molar refractivity (Wildman–Crippen MR) is 119 cm³/mol. The summed E-state index contributed by atoms with van der Waals surface area (Å²) in [6.45, 7) is 1.63. The summed E-state index contributed by atoms with van der Waals surface area (Å²) in [6, 6.07) is 14.3. The van der Waals surface area contributed by atoms with Gasteiger partial charge in [-0.3, -0.25) is 9.47 Å². The molecule has 6 rings (SSSR count).